The topological polar surface area (TPSA) is 3.24 Å². The highest BCUT2D eigenvalue weighted by atomic mass is 15.1. The van der Waals surface area contributed by atoms with Crippen molar-refractivity contribution in [2.24, 2.45) is 11.8 Å². The minimum Gasteiger partial charge on any atom is -0.306 e. The van der Waals surface area contributed by atoms with Gasteiger partial charge in [0.1, 0.15) is 0 Å². The van der Waals surface area contributed by atoms with Gasteiger partial charge in [0.15, 0.2) is 0 Å². The molecule has 0 aromatic rings. The maximum absolute atomic E-state index is 5.30. The van der Waals surface area contributed by atoms with Crippen LogP contribution in [0.1, 0.15) is 19.8 Å². The molecule has 1 fully saturated rings. The van der Waals surface area contributed by atoms with Crippen LogP contribution in [0.3, 0.4) is 0 Å². The second-order valence-electron chi connectivity index (χ2n) is 3.70. The van der Waals surface area contributed by atoms with E-state index in [1.165, 1.54) is 19.5 Å². The molecule has 2 atom stereocenters. The third kappa shape index (κ3) is 2.24. The van der Waals surface area contributed by atoms with Gasteiger partial charge < -0.3 is 4.90 Å². The molecule has 1 saturated heterocycles. The zero-order valence-electron chi connectivity index (χ0n) is 7.51. The molecule has 2 unspecified atom stereocenters. The van der Waals surface area contributed by atoms with Crippen LogP contribution in [-0.4, -0.2) is 25.0 Å². The van der Waals surface area contributed by atoms with Gasteiger partial charge >= 0.3 is 0 Å². The molecule has 0 aromatic carbocycles. The van der Waals surface area contributed by atoms with E-state index >= 15 is 0 Å². The Hall–Kier alpha value is -0.480. The number of nitrogens with zero attached hydrogens (tertiary/aromatic N) is 1. The standard InChI is InChI=1S/C10H17N/c1-4-5-10-8-11(3)7-6-9(10)2/h1,9-10H,5-8H2,2-3H3. The largest absolute Gasteiger partial charge is 0.306 e. The van der Waals surface area contributed by atoms with E-state index in [2.05, 4.69) is 24.8 Å². The van der Waals surface area contributed by atoms with Crippen molar-refractivity contribution < 1.29 is 0 Å². The molecule has 0 radical (unpaired) electrons. The Kier molecular flexibility index (Phi) is 2.96. The normalized spacial score (nSPS) is 33.2. The van der Waals surface area contributed by atoms with Crippen molar-refractivity contribution in [3.63, 3.8) is 0 Å². The molecule has 11 heavy (non-hydrogen) atoms. The third-order valence-electron chi connectivity index (χ3n) is 2.70. The lowest BCUT2D eigenvalue weighted by Crippen LogP contribution is -2.36. The van der Waals surface area contributed by atoms with Gasteiger partial charge in [-0.25, -0.2) is 0 Å². The molecule has 1 heterocycles. The highest BCUT2D eigenvalue weighted by Gasteiger charge is 2.22. The average molecular weight is 151 g/mol. The SMILES string of the molecule is C#CCC1CN(C)CCC1C. The number of rotatable bonds is 1. The van der Waals surface area contributed by atoms with E-state index in [4.69, 9.17) is 6.42 Å². The van der Waals surface area contributed by atoms with Crippen molar-refractivity contribution in [2.45, 2.75) is 19.8 Å². The maximum Gasteiger partial charge on any atom is 0.0129 e. The lowest BCUT2D eigenvalue weighted by molar-refractivity contribution is 0.157. The lowest BCUT2D eigenvalue weighted by atomic mass is 9.85. The molecule has 62 valence electrons. The zero-order chi connectivity index (χ0) is 8.27. The van der Waals surface area contributed by atoms with Crippen LogP contribution in [0.2, 0.25) is 0 Å². The van der Waals surface area contributed by atoms with Gasteiger partial charge in [0.25, 0.3) is 0 Å². The van der Waals surface area contributed by atoms with Gasteiger partial charge in [-0.3, -0.25) is 0 Å². The van der Waals surface area contributed by atoms with Crippen LogP contribution in [0.25, 0.3) is 0 Å². The predicted octanol–water partition coefficient (Wildman–Crippen LogP) is 1.60. The zero-order valence-corrected chi connectivity index (χ0v) is 7.51. The Labute approximate surface area is 69.8 Å². The van der Waals surface area contributed by atoms with Gasteiger partial charge in [0, 0.05) is 13.0 Å². The second-order valence-corrected chi connectivity index (χ2v) is 3.70. The summed E-state index contributed by atoms with van der Waals surface area (Å²) in [5.74, 6) is 4.32. The molecule has 1 nitrogen and oxygen atoms in total. The fraction of sp³-hybridized carbons (Fsp3) is 0.800. The average Bonchev–Trinajstić information content (AvgIpc) is 1.98. The van der Waals surface area contributed by atoms with Gasteiger partial charge in [-0.2, -0.15) is 0 Å². The highest BCUT2D eigenvalue weighted by molar-refractivity contribution is 4.90. The summed E-state index contributed by atoms with van der Waals surface area (Å²) in [5.41, 5.74) is 0. The minimum atomic E-state index is 0.735. The van der Waals surface area contributed by atoms with Gasteiger partial charge in [0.2, 0.25) is 0 Å². The van der Waals surface area contributed by atoms with E-state index in [-0.39, 0.29) is 0 Å². The van der Waals surface area contributed by atoms with E-state index in [0.717, 1.165) is 18.3 Å². The smallest absolute Gasteiger partial charge is 0.0129 e. The highest BCUT2D eigenvalue weighted by Crippen LogP contribution is 2.24. The first-order chi connectivity index (χ1) is 5.24. The van der Waals surface area contributed by atoms with Crippen LogP contribution in [0.15, 0.2) is 0 Å². The predicted molar refractivity (Wildman–Crippen MR) is 48.2 cm³/mol. The van der Waals surface area contributed by atoms with E-state index in [1.54, 1.807) is 0 Å². The van der Waals surface area contributed by atoms with Crippen molar-refractivity contribution in [3.8, 4) is 12.3 Å². The molecular weight excluding hydrogens is 134 g/mol. The molecule has 1 rings (SSSR count). The molecule has 1 aliphatic heterocycles. The molecule has 0 N–H and O–H groups in total. The van der Waals surface area contributed by atoms with Crippen LogP contribution in [-0.2, 0) is 0 Å². The summed E-state index contributed by atoms with van der Waals surface area (Å²) < 4.78 is 0. The second kappa shape index (κ2) is 3.78. The molecule has 0 amide bonds. The van der Waals surface area contributed by atoms with E-state index in [1.807, 2.05) is 0 Å². The number of piperidine rings is 1. The summed E-state index contributed by atoms with van der Waals surface area (Å²) in [4.78, 5) is 2.38. The monoisotopic (exact) mass is 151 g/mol. The molecule has 0 aromatic heterocycles. The molecular formula is C10H17N. The van der Waals surface area contributed by atoms with Crippen LogP contribution >= 0.6 is 0 Å². The summed E-state index contributed by atoms with van der Waals surface area (Å²) in [7, 11) is 2.18. The Morgan fingerprint density at radius 2 is 2.36 bits per heavy atom. The quantitative estimate of drug-likeness (QED) is 0.514. The van der Waals surface area contributed by atoms with Crippen LogP contribution in [0.5, 0.6) is 0 Å². The molecule has 0 aliphatic carbocycles. The summed E-state index contributed by atoms with van der Waals surface area (Å²) in [5, 5.41) is 0. The Bertz CT molecular complexity index is 157. The molecule has 0 spiro atoms. The molecule has 0 saturated carbocycles. The van der Waals surface area contributed by atoms with Crippen LogP contribution < -0.4 is 0 Å². The maximum atomic E-state index is 5.30. The van der Waals surface area contributed by atoms with Crippen LogP contribution in [0.4, 0.5) is 0 Å². The Balaban J connectivity index is 2.42. The first-order valence-corrected chi connectivity index (χ1v) is 4.36. The van der Waals surface area contributed by atoms with E-state index < -0.39 is 0 Å². The van der Waals surface area contributed by atoms with Crippen LogP contribution in [0, 0.1) is 24.2 Å². The molecule has 0 bridgehead atoms. The number of terminal acetylenes is 1. The number of likely N-dealkylation sites (tertiary alicyclic amines) is 1. The van der Waals surface area contributed by atoms with Gasteiger partial charge in [0.05, 0.1) is 0 Å². The fourth-order valence-electron chi connectivity index (χ4n) is 1.75. The Morgan fingerprint density at radius 1 is 1.64 bits per heavy atom. The summed E-state index contributed by atoms with van der Waals surface area (Å²) in [6.45, 7) is 4.74. The fourth-order valence-corrected chi connectivity index (χ4v) is 1.75. The van der Waals surface area contributed by atoms with E-state index in [9.17, 15) is 0 Å². The first-order valence-electron chi connectivity index (χ1n) is 4.36. The lowest BCUT2D eigenvalue weighted by Gasteiger charge is -2.33. The van der Waals surface area contributed by atoms with Gasteiger partial charge in [-0.15, -0.1) is 12.3 Å². The van der Waals surface area contributed by atoms with Crippen molar-refractivity contribution in [2.75, 3.05) is 20.1 Å². The summed E-state index contributed by atoms with van der Waals surface area (Å²) in [6, 6.07) is 0. The van der Waals surface area contributed by atoms with Crippen molar-refractivity contribution in [1.82, 2.24) is 4.90 Å². The summed E-state index contributed by atoms with van der Waals surface area (Å²) in [6.07, 6.45) is 7.56. The minimum absolute atomic E-state index is 0.735. The Morgan fingerprint density at radius 3 is 3.00 bits per heavy atom. The van der Waals surface area contributed by atoms with Gasteiger partial charge in [-0.1, -0.05) is 6.92 Å². The molecule has 1 heteroatoms. The van der Waals surface area contributed by atoms with Crippen molar-refractivity contribution in [1.29, 1.82) is 0 Å². The third-order valence-corrected chi connectivity index (χ3v) is 2.70. The summed E-state index contributed by atoms with van der Waals surface area (Å²) >= 11 is 0. The van der Waals surface area contributed by atoms with Crippen molar-refractivity contribution in [3.05, 3.63) is 0 Å². The number of hydrogen-bond donors (Lipinski definition) is 0. The molecule has 1 aliphatic rings. The first kappa shape index (κ1) is 8.62. The van der Waals surface area contributed by atoms with E-state index in [0.29, 0.717) is 0 Å². The van der Waals surface area contributed by atoms with Gasteiger partial charge in [-0.05, 0) is 31.8 Å². The number of hydrogen-bond acceptors (Lipinski definition) is 1. The van der Waals surface area contributed by atoms with Crippen molar-refractivity contribution >= 4 is 0 Å².